The Bertz CT molecular complexity index is 307. The summed E-state index contributed by atoms with van der Waals surface area (Å²) in [7, 11) is 0. The molecule has 0 saturated carbocycles. The van der Waals surface area contributed by atoms with E-state index in [-0.39, 0.29) is 0 Å². The number of hydrogen-bond acceptors (Lipinski definition) is 3. The average molecular weight is 281 g/mol. The molecule has 4 nitrogen and oxygen atoms in total. The van der Waals surface area contributed by atoms with Crippen molar-refractivity contribution < 1.29 is 9.92 Å². The zero-order valence-corrected chi connectivity index (χ0v) is 9.31. The van der Waals surface area contributed by atoms with Crippen molar-refractivity contribution in [2.24, 2.45) is 0 Å². The minimum Gasteiger partial charge on any atom is -0.303 e. The Kier molecular flexibility index (Phi) is 4.16. The molecule has 14 heavy (non-hydrogen) atoms. The highest BCUT2D eigenvalue weighted by Gasteiger charge is 2.22. The van der Waals surface area contributed by atoms with Gasteiger partial charge >= 0.3 is 0 Å². The lowest BCUT2D eigenvalue weighted by atomic mass is 10.1. The van der Waals surface area contributed by atoms with Crippen LogP contribution in [0, 0.1) is 10.1 Å². The molecule has 0 aromatic heterocycles. The molecule has 0 heterocycles. The van der Waals surface area contributed by atoms with Gasteiger partial charge in [0.25, 0.3) is 5.09 Å². The quantitative estimate of drug-likeness (QED) is 0.484. The highest BCUT2D eigenvalue weighted by Crippen LogP contribution is 2.28. The molecule has 0 aliphatic carbocycles. The summed E-state index contributed by atoms with van der Waals surface area (Å²) in [5.74, 6) is 0. The maximum Gasteiger partial charge on any atom is 0.295 e. The normalized spacial score (nSPS) is 14.4. The minimum atomic E-state index is -0.853. The summed E-state index contributed by atoms with van der Waals surface area (Å²) < 4.78 is -0.643. The number of rotatable bonds is 4. The fraction of sp³-hybridized carbons (Fsp3) is 0.250. The Balaban J connectivity index is 2.83. The average Bonchev–Trinajstić information content (AvgIpc) is 2.15. The van der Waals surface area contributed by atoms with Crippen molar-refractivity contribution in [3.05, 3.63) is 46.0 Å². The summed E-state index contributed by atoms with van der Waals surface area (Å²) in [6.45, 7) is 0. The number of alkyl halides is 2. The van der Waals surface area contributed by atoms with E-state index in [9.17, 15) is 10.1 Å². The largest absolute Gasteiger partial charge is 0.303 e. The second-order valence-corrected chi connectivity index (χ2v) is 4.48. The van der Waals surface area contributed by atoms with Crippen molar-refractivity contribution in [1.29, 1.82) is 0 Å². The number of halogens is 2. The van der Waals surface area contributed by atoms with Crippen LogP contribution in [0.25, 0.3) is 0 Å². The van der Waals surface area contributed by atoms with Crippen molar-refractivity contribution in [3.8, 4) is 0 Å². The summed E-state index contributed by atoms with van der Waals surface area (Å²) in [6.07, 6.45) is -0.798. The Morgan fingerprint density at radius 2 is 2.00 bits per heavy atom. The van der Waals surface area contributed by atoms with Crippen molar-refractivity contribution in [1.82, 2.24) is 0 Å². The Hall–Kier alpha value is -0.810. The van der Waals surface area contributed by atoms with E-state index in [2.05, 4.69) is 20.8 Å². The second-order valence-electron chi connectivity index (χ2n) is 2.49. The zero-order valence-electron chi connectivity index (χ0n) is 6.97. The van der Waals surface area contributed by atoms with Crippen molar-refractivity contribution in [2.45, 2.75) is 10.4 Å². The maximum atomic E-state index is 10.2. The molecule has 0 saturated heterocycles. The number of nitrogens with zero attached hydrogens (tertiary/aromatic N) is 1. The van der Waals surface area contributed by atoms with Gasteiger partial charge in [-0.25, -0.2) is 0 Å². The standard InChI is InChI=1S/C8H7BrClNO3/c9-8(10)7(14-11(12)13)6-4-2-1-3-5-6/h1-5,7-8H. The molecule has 0 aliphatic heterocycles. The van der Waals surface area contributed by atoms with Gasteiger partial charge < -0.3 is 4.84 Å². The van der Waals surface area contributed by atoms with E-state index in [1.807, 2.05) is 6.07 Å². The van der Waals surface area contributed by atoms with E-state index in [0.29, 0.717) is 5.56 Å². The van der Waals surface area contributed by atoms with Gasteiger partial charge in [-0.2, -0.15) is 0 Å². The van der Waals surface area contributed by atoms with Crippen LogP contribution in [0.5, 0.6) is 0 Å². The first kappa shape index (κ1) is 11.3. The smallest absolute Gasteiger partial charge is 0.295 e. The van der Waals surface area contributed by atoms with E-state index >= 15 is 0 Å². The van der Waals surface area contributed by atoms with E-state index in [1.54, 1.807) is 24.3 Å². The van der Waals surface area contributed by atoms with Gasteiger partial charge in [0, 0.05) is 0 Å². The van der Waals surface area contributed by atoms with E-state index in [1.165, 1.54) is 0 Å². The van der Waals surface area contributed by atoms with E-state index < -0.39 is 15.5 Å². The molecule has 0 radical (unpaired) electrons. The van der Waals surface area contributed by atoms with Gasteiger partial charge in [-0.3, -0.25) is 0 Å². The molecule has 76 valence electrons. The van der Waals surface area contributed by atoms with Crippen LogP contribution in [0.2, 0.25) is 0 Å². The lowest BCUT2D eigenvalue weighted by molar-refractivity contribution is -0.770. The summed E-state index contributed by atoms with van der Waals surface area (Å²) in [6, 6.07) is 8.76. The Morgan fingerprint density at radius 3 is 2.43 bits per heavy atom. The molecule has 1 aromatic rings. The molecular formula is C8H7BrClNO3. The third kappa shape index (κ3) is 3.16. The molecule has 0 spiro atoms. The van der Waals surface area contributed by atoms with Gasteiger partial charge in [0.15, 0.2) is 6.10 Å². The number of benzene rings is 1. The van der Waals surface area contributed by atoms with E-state index in [0.717, 1.165) is 0 Å². The predicted molar refractivity (Wildman–Crippen MR) is 55.8 cm³/mol. The monoisotopic (exact) mass is 279 g/mol. The first-order valence-corrected chi connectivity index (χ1v) is 5.10. The molecule has 0 fully saturated rings. The molecule has 1 aromatic carbocycles. The first-order valence-electron chi connectivity index (χ1n) is 3.75. The van der Waals surface area contributed by atoms with Gasteiger partial charge in [0.1, 0.15) is 4.29 Å². The summed E-state index contributed by atoms with van der Waals surface area (Å²) in [5.41, 5.74) is 0.654. The number of hydrogen-bond donors (Lipinski definition) is 0. The van der Waals surface area contributed by atoms with Gasteiger partial charge in [-0.1, -0.05) is 46.3 Å². The van der Waals surface area contributed by atoms with Crippen molar-refractivity contribution >= 4 is 27.5 Å². The molecule has 6 heteroatoms. The van der Waals surface area contributed by atoms with Crippen LogP contribution in [0.1, 0.15) is 11.7 Å². The highest BCUT2D eigenvalue weighted by molar-refractivity contribution is 9.10. The van der Waals surface area contributed by atoms with Crippen LogP contribution < -0.4 is 0 Å². The van der Waals surface area contributed by atoms with Gasteiger partial charge in [0.05, 0.1) is 0 Å². The van der Waals surface area contributed by atoms with Crippen LogP contribution in [0.3, 0.4) is 0 Å². The Labute approximate surface area is 94.1 Å². The first-order chi connectivity index (χ1) is 6.61. The van der Waals surface area contributed by atoms with E-state index in [4.69, 9.17) is 11.6 Å². The third-order valence-corrected chi connectivity index (χ3v) is 2.27. The summed E-state index contributed by atoms with van der Waals surface area (Å²) in [5, 5.41) is 9.34. The van der Waals surface area contributed by atoms with Gasteiger partial charge in [0.2, 0.25) is 0 Å². The van der Waals surface area contributed by atoms with Crippen molar-refractivity contribution in [2.75, 3.05) is 0 Å². The van der Waals surface area contributed by atoms with Crippen LogP contribution in [0.4, 0.5) is 0 Å². The van der Waals surface area contributed by atoms with Gasteiger partial charge in [-0.05, 0) is 5.56 Å². The molecular weight excluding hydrogens is 273 g/mol. The molecule has 2 unspecified atom stereocenters. The second kappa shape index (κ2) is 5.17. The maximum absolute atomic E-state index is 10.2. The fourth-order valence-corrected chi connectivity index (χ4v) is 1.58. The molecule has 0 N–H and O–H groups in total. The van der Waals surface area contributed by atoms with Gasteiger partial charge in [-0.15, -0.1) is 21.7 Å². The zero-order chi connectivity index (χ0) is 10.6. The highest BCUT2D eigenvalue weighted by atomic mass is 79.9. The Morgan fingerprint density at radius 1 is 1.43 bits per heavy atom. The van der Waals surface area contributed by atoms with Crippen molar-refractivity contribution in [3.63, 3.8) is 0 Å². The topological polar surface area (TPSA) is 52.4 Å². The minimum absolute atomic E-state index is 0.643. The lowest BCUT2D eigenvalue weighted by Gasteiger charge is -2.15. The molecule has 1 rings (SSSR count). The molecule has 0 amide bonds. The van der Waals surface area contributed by atoms with Crippen LogP contribution in [0.15, 0.2) is 30.3 Å². The van der Waals surface area contributed by atoms with Crippen LogP contribution in [-0.4, -0.2) is 9.37 Å². The predicted octanol–water partition coefficient (Wildman–Crippen LogP) is 2.90. The molecule has 0 aliphatic rings. The summed E-state index contributed by atoms with van der Waals surface area (Å²) >= 11 is 8.75. The molecule has 2 atom stereocenters. The SMILES string of the molecule is O=[N+]([O-])OC(c1ccccc1)C(Cl)Br. The third-order valence-electron chi connectivity index (χ3n) is 1.56. The van der Waals surface area contributed by atoms with Crippen LogP contribution >= 0.6 is 27.5 Å². The fourth-order valence-electron chi connectivity index (χ4n) is 0.988. The lowest BCUT2D eigenvalue weighted by Crippen LogP contribution is -2.15. The summed E-state index contributed by atoms with van der Waals surface area (Å²) in [4.78, 5) is 14.6. The molecule has 0 bridgehead atoms. The van der Waals surface area contributed by atoms with Crippen LogP contribution in [-0.2, 0) is 4.84 Å².